The molecule has 0 aromatic heterocycles. The number of benzene rings is 2. The fourth-order valence-corrected chi connectivity index (χ4v) is 2.79. The van der Waals surface area contributed by atoms with E-state index < -0.39 is 11.8 Å². The Labute approximate surface area is 174 Å². The summed E-state index contributed by atoms with van der Waals surface area (Å²) in [5.74, 6) is 0.181. The van der Waals surface area contributed by atoms with Crippen LogP contribution in [-0.4, -0.2) is 30.6 Å². The Balaban J connectivity index is 1.75. The number of carbonyl (C=O) groups excluding carboxylic acids is 2. The summed E-state index contributed by atoms with van der Waals surface area (Å²) in [5, 5.41) is 2.92. The Morgan fingerprint density at radius 3 is 2.48 bits per heavy atom. The second-order valence-electron chi connectivity index (χ2n) is 5.05. The quantitative estimate of drug-likeness (QED) is 0.458. The number of thiocarbonyl (C=S) groups is 1. The van der Waals surface area contributed by atoms with Crippen LogP contribution >= 0.6 is 39.7 Å². The Bertz CT molecular complexity index is 849. The van der Waals surface area contributed by atoms with E-state index in [0.717, 1.165) is 0 Å². The van der Waals surface area contributed by atoms with Crippen LogP contribution in [0.4, 0.5) is 0 Å². The molecule has 0 saturated carbocycles. The lowest BCUT2D eigenvalue weighted by Crippen LogP contribution is -2.49. The lowest BCUT2D eigenvalue weighted by molar-refractivity contribution is -0.123. The molecule has 2 rings (SSSR count). The molecule has 0 radical (unpaired) electrons. The summed E-state index contributed by atoms with van der Waals surface area (Å²) in [6.45, 7) is -0.262. The standard InChI is InChI=1S/C17H15BrClN3O4S/c1-25-12-5-2-10(3-6-12)16(24)20-17(27)22-21-15(23)9-26-14-7-4-11(19)8-13(14)18/h2-8H,9H2,1H3,(H,21,23)(H2,20,22,24,27). The van der Waals surface area contributed by atoms with Gasteiger partial charge in [0.1, 0.15) is 11.5 Å². The van der Waals surface area contributed by atoms with E-state index in [-0.39, 0.29) is 11.7 Å². The van der Waals surface area contributed by atoms with Crippen molar-refractivity contribution < 1.29 is 19.1 Å². The third kappa shape index (κ3) is 6.70. The fourth-order valence-electron chi connectivity index (χ4n) is 1.85. The van der Waals surface area contributed by atoms with Crippen LogP contribution < -0.4 is 25.6 Å². The third-order valence-electron chi connectivity index (χ3n) is 3.15. The maximum absolute atomic E-state index is 12.0. The molecule has 2 aromatic carbocycles. The van der Waals surface area contributed by atoms with Gasteiger partial charge in [0.25, 0.3) is 11.8 Å². The minimum absolute atomic E-state index is 0.0585. The van der Waals surface area contributed by atoms with Crippen LogP contribution in [0, 0.1) is 0 Å². The first-order chi connectivity index (χ1) is 12.9. The summed E-state index contributed by atoms with van der Waals surface area (Å²) in [7, 11) is 1.53. The number of hydrogen-bond donors (Lipinski definition) is 3. The monoisotopic (exact) mass is 471 g/mol. The van der Waals surface area contributed by atoms with Crippen LogP contribution in [0.2, 0.25) is 5.02 Å². The van der Waals surface area contributed by atoms with Gasteiger partial charge < -0.3 is 9.47 Å². The second-order valence-corrected chi connectivity index (χ2v) is 6.75. The largest absolute Gasteiger partial charge is 0.497 e. The van der Waals surface area contributed by atoms with Crippen molar-refractivity contribution in [2.24, 2.45) is 0 Å². The van der Waals surface area contributed by atoms with Crippen LogP contribution in [0.3, 0.4) is 0 Å². The molecule has 0 spiro atoms. The zero-order valence-corrected chi connectivity index (χ0v) is 17.2. The van der Waals surface area contributed by atoms with Crippen LogP contribution in [-0.2, 0) is 4.79 Å². The topological polar surface area (TPSA) is 88.7 Å². The smallest absolute Gasteiger partial charge is 0.276 e. The highest BCUT2D eigenvalue weighted by Crippen LogP contribution is 2.27. The van der Waals surface area contributed by atoms with Gasteiger partial charge in [0, 0.05) is 10.6 Å². The summed E-state index contributed by atoms with van der Waals surface area (Å²) >= 11 is 14.1. The molecule has 3 N–H and O–H groups in total. The zero-order chi connectivity index (χ0) is 19.8. The van der Waals surface area contributed by atoms with Gasteiger partial charge in [-0.2, -0.15) is 0 Å². The predicted octanol–water partition coefficient (Wildman–Crippen LogP) is 2.83. The Morgan fingerprint density at radius 2 is 1.85 bits per heavy atom. The lowest BCUT2D eigenvalue weighted by Gasteiger charge is -2.12. The summed E-state index contributed by atoms with van der Waals surface area (Å²) < 4.78 is 11.0. The lowest BCUT2D eigenvalue weighted by atomic mass is 10.2. The van der Waals surface area contributed by atoms with E-state index in [4.69, 9.17) is 33.3 Å². The summed E-state index contributed by atoms with van der Waals surface area (Å²) in [6.07, 6.45) is 0. The number of methoxy groups -OCH3 is 1. The molecule has 0 heterocycles. The predicted molar refractivity (Wildman–Crippen MR) is 109 cm³/mol. The van der Waals surface area contributed by atoms with Crippen molar-refractivity contribution in [1.82, 2.24) is 16.2 Å². The molecule has 0 unspecified atom stereocenters. The van der Waals surface area contributed by atoms with Crippen LogP contribution in [0.5, 0.6) is 11.5 Å². The summed E-state index contributed by atoms with van der Waals surface area (Å²) in [4.78, 5) is 23.8. The average Bonchev–Trinajstić information content (AvgIpc) is 2.65. The number of hydrazine groups is 1. The number of hydrogen-bond acceptors (Lipinski definition) is 5. The Morgan fingerprint density at radius 1 is 1.15 bits per heavy atom. The van der Waals surface area contributed by atoms with E-state index in [1.807, 2.05) is 0 Å². The minimum atomic E-state index is -0.488. The molecule has 0 atom stereocenters. The van der Waals surface area contributed by atoms with E-state index in [1.165, 1.54) is 7.11 Å². The van der Waals surface area contributed by atoms with Gasteiger partial charge >= 0.3 is 0 Å². The van der Waals surface area contributed by atoms with Gasteiger partial charge in [-0.3, -0.25) is 25.8 Å². The molecule has 0 bridgehead atoms. The first-order valence-electron chi connectivity index (χ1n) is 7.51. The van der Waals surface area contributed by atoms with Gasteiger partial charge in [0.2, 0.25) is 0 Å². The molecule has 0 aliphatic carbocycles. The number of ether oxygens (including phenoxy) is 2. The van der Waals surface area contributed by atoms with Crippen molar-refractivity contribution >= 4 is 56.7 Å². The molecule has 27 heavy (non-hydrogen) atoms. The first-order valence-corrected chi connectivity index (χ1v) is 9.09. The van der Waals surface area contributed by atoms with Gasteiger partial charge in [0.05, 0.1) is 11.6 Å². The van der Waals surface area contributed by atoms with Crippen molar-refractivity contribution in [1.29, 1.82) is 0 Å². The van der Waals surface area contributed by atoms with Crippen molar-refractivity contribution in [3.8, 4) is 11.5 Å². The molecule has 10 heteroatoms. The highest BCUT2D eigenvalue weighted by molar-refractivity contribution is 9.10. The highest BCUT2D eigenvalue weighted by atomic mass is 79.9. The number of nitrogens with one attached hydrogen (secondary N) is 3. The molecular weight excluding hydrogens is 458 g/mol. The average molecular weight is 473 g/mol. The summed E-state index contributed by atoms with van der Waals surface area (Å²) in [6, 6.07) is 11.4. The maximum atomic E-state index is 12.0. The molecule has 0 saturated heterocycles. The molecule has 2 amide bonds. The Kier molecular flexibility index (Phi) is 7.83. The Hall–Kier alpha value is -2.36. The van der Waals surface area contributed by atoms with Crippen molar-refractivity contribution in [3.05, 3.63) is 57.5 Å². The number of halogens is 2. The van der Waals surface area contributed by atoms with E-state index in [0.29, 0.717) is 26.6 Å². The van der Waals surface area contributed by atoms with Gasteiger partial charge in [-0.25, -0.2) is 0 Å². The van der Waals surface area contributed by atoms with Crippen molar-refractivity contribution in [3.63, 3.8) is 0 Å². The van der Waals surface area contributed by atoms with Crippen molar-refractivity contribution in [2.45, 2.75) is 0 Å². The van der Waals surface area contributed by atoms with Crippen molar-refractivity contribution in [2.75, 3.05) is 13.7 Å². The molecule has 142 valence electrons. The van der Waals surface area contributed by atoms with Gasteiger partial charge in [-0.15, -0.1) is 0 Å². The molecule has 0 aliphatic heterocycles. The maximum Gasteiger partial charge on any atom is 0.276 e. The van der Waals surface area contributed by atoms with Gasteiger partial charge in [-0.05, 0) is 70.6 Å². The van der Waals surface area contributed by atoms with Gasteiger partial charge in [-0.1, -0.05) is 11.6 Å². The molecule has 2 aromatic rings. The summed E-state index contributed by atoms with van der Waals surface area (Å²) in [5.41, 5.74) is 5.15. The SMILES string of the molecule is COc1ccc(C(=O)NC(=S)NNC(=O)COc2ccc(Cl)cc2Br)cc1. The third-order valence-corrected chi connectivity index (χ3v) is 4.21. The minimum Gasteiger partial charge on any atom is -0.497 e. The molecule has 7 nitrogen and oxygen atoms in total. The molecular formula is C17H15BrClN3O4S. The van der Waals surface area contributed by atoms with E-state index in [9.17, 15) is 9.59 Å². The van der Waals surface area contributed by atoms with Crippen LogP contribution in [0.1, 0.15) is 10.4 Å². The van der Waals surface area contributed by atoms with Gasteiger partial charge in [0.15, 0.2) is 11.7 Å². The number of amides is 2. The van der Waals surface area contributed by atoms with E-state index >= 15 is 0 Å². The number of carbonyl (C=O) groups is 2. The zero-order valence-electron chi connectivity index (χ0n) is 14.0. The first kappa shape index (κ1) is 20.9. The second kappa shape index (κ2) is 10.1. The normalized spacial score (nSPS) is 9.89. The molecule has 0 fully saturated rings. The van der Waals surface area contributed by atoms with Crippen LogP contribution in [0.25, 0.3) is 0 Å². The number of rotatable bonds is 5. The van der Waals surface area contributed by atoms with Crippen LogP contribution in [0.15, 0.2) is 46.9 Å². The van der Waals surface area contributed by atoms with E-state index in [1.54, 1.807) is 42.5 Å². The fraction of sp³-hybridized carbons (Fsp3) is 0.118. The highest BCUT2D eigenvalue weighted by Gasteiger charge is 2.10. The van der Waals surface area contributed by atoms with E-state index in [2.05, 4.69) is 32.1 Å². The molecule has 0 aliphatic rings.